The summed E-state index contributed by atoms with van der Waals surface area (Å²) in [6.45, 7) is 2.51. The van der Waals surface area contributed by atoms with Crippen molar-refractivity contribution in [3.63, 3.8) is 0 Å². The molecular weight excluding hydrogens is 307 g/mol. The number of halogens is 4. The molecule has 0 aliphatic heterocycles. The lowest BCUT2D eigenvalue weighted by Gasteiger charge is -2.11. The van der Waals surface area contributed by atoms with Crippen LogP contribution in [0.15, 0.2) is 12.3 Å². The number of imidazole rings is 1. The predicted molar refractivity (Wildman–Crippen MR) is 73.4 cm³/mol. The van der Waals surface area contributed by atoms with Crippen LogP contribution < -0.4 is 0 Å². The summed E-state index contributed by atoms with van der Waals surface area (Å²) in [5.74, 6) is 0.570. The topological polar surface area (TPSA) is 39.9 Å². The summed E-state index contributed by atoms with van der Waals surface area (Å²) in [5.41, 5.74) is 2.22. The molecule has 116 valence electrons. The molecule has 2 heterocycles. The molecule has 0 bridgehead atoms. The fourth-order valence-electron chi connectivity index (χ4n) is 2.00. The van der Waals surface area contributed by atoms with Gasteiger partial charge in [-0.1, -0.05) is 0 Å². The number of alkyl halides is 4. The highest BCUT2D eigenvalue weighted by Crippen LogP contribution is 2.24. The maximum Gasteiger partial charge on any atom is 0.411 e. The molecule has 0 fully saturated rings. The molecule has 0 spiro atoms. The van der Waals surface area contributed by atoms with Crippen LogP contribution in [0, 0.1) is 6.92 Å². The first-order valence-corrected chi connectivity index (χ1v) is 6.83. The molecule has 2 rings (SSSR count). The van der Waals surface area contributed by atoms with Crippen molar-refractivity contribution in [2.45, 2.75) is 31.9 Å². The number of aromatic nitrogens is 3. The van der Waals surface area contributed by atoms with E-state index in [-0.39, 0.29) is 18.5 Å². The van der Waals surface area contributed by atoms with Crippen molar-refractivity contribution in [3.05, 3.63) is 23.7 Å². The van der Waals surface area contributed by atoms with Crippen LogP contribution in [0.1, 0.15) is 23.7 Å². The first-order chi connectivity index (χ1) is 9.78. The molecule has 4 nitrogen and oxygen atoms in total. The smallest absolute Gasteiger partial charge is 0.370 e. The third kappa shape index (κ3) is 4.07. The van der Waals surface area contributed by atoms with Crippen molar-refractivity contribution in [3.8, 4) is 0 Å². The average molecular weight is 322 g/mol. The zero-order valence-electron chi connectivity index (χ0n) is 11.6. The van der Waals surface area contributed by atoms with E-state index in [1.165, 1.54) is 0 Å². The van der Waals surface area contributed by atoms with Gasteiger partial charge in [-0.15, -0.1) is 11.6 Å². The van der Waals surface area contributed by atoms with E-state index >= 15 is 0 Å². The summed E-state index contributed by atoms with van der Waals surface area (Å²) in [7, 11) is 0. The third-order valence-corrected chi connectivity index (χ3v) is 3.03. The van der Waals surface area contributed by atoms with E-state index in [2.05, 4.69) is 14.7 Å². The minimum Gasteiger partial charge on any atom is -0.370 e. The van der Waals surface area contributed by atoms with Gasteiger partial charge in [0.1, 0.15) is 17.9 Å². The average Bonchev–Trinajstić information content (AvgIpc) is 2.71. The highest BCUT2D eigenvalue weighted by atomic mass is 35.5. The van der Waals surface area contributed by atoms with E-state index < -0.39 is 12.8 Å². The van der Waals surface area contributed by atoms with Gasteiger partial charge in [0.25, 0.3) is 0 Å². The lowest BCUT2D eigenvalue weighted by Crippen LogP contribution is -2.19. The molecule has 21 heavy (non-hydrogen) atoms. The predicted octanol–water partition coefficient (Wildman–Crippen LogP) is 3.62. The molecule has 0 saturated carbocycles. The fraction of sp³-hybridized carbons (Fsp3) is 0.538. The molecule has 1 atom stereocenters. The van der Waals surface area contributed by atoms with Gasteiger partial charge in [-0.25, -0.2) is 9.97 Å². The summed E-state index contributed by atoms with van der Waals surface area (Å²) in [6, 6.07) is 1.86. The van der Waals surface area contributed by atoms with E-state index in [4.69, 9.17) is 11.6 Å². The number of hydrogen-bond acceptors (Lipinski definition) is 3. The highest BCUT2D eigenvalue weighted by molar-refractivity contribution is 6.20. The second-order valence-electron chi connectivity index (χ2n) is 4.76. The number of pyridine rings is 1. The Hall–Kier alpha value is -1.34. The van der Waals surface area contributed by atoms with Crippen LogP contribution in [0.2, 0.25) is 0 Å². The van der Waals surface area contributed by atoms with Gasteiger partial charge in [0.2, 0.25) is 0 Å². The van der Waals surface area contributed by atoms with Crippen LogP contribution in [0.5, 0.6) is 0 Å². The Morgan fingerprint density at radius 1 is 1.43 bits per heavy atom. The van der Waals surface area contributed by atoms with Gasteiger partial charge in [-0.05, 0) is 25.5 Å². The lowest BCUT2D eigenvalue weighted by atomic mass is 10.3. The molecule has 0 aliphatic rings. The zero-order valence-corrected chi connectivity index (χ0v) is 12.4. The molecule has 0 radical (unpaired) electrons. The molecule has 0 aromatic carbocycles. The van der Waals surface area contributed by atoms with Gasteiger partial charge in [0, 0.05) is 12.7 Å². The number of hydrogen-bond donors (Lipinski definition) is 0. The Morgan fingerprint density at radius 3 is 2.76 bits per heavy atom. The Bertz CT molecular complexity index is 625. The van der Waals surface area contributed by atoms with E-state index in [1.54, 1.807) is 17.7 Å². The second-order valence-corrected chi connectivity index (χ2v) is 5.42. The van der Waals surface area contributed by atoms with E-state index in [0.717, 1.165) is 5.56 Å². The SMILES string of the molecule is Cc1cnc2c(c1)nc(C(C)Cl)n2CCOCC(F)(F)F. The Kier molecular flexibility index (Phi) is 4.73. The number of fused-ring (bicyclic) bond motifs is 1. The van der Waals surface area contributed by atoms with Gasteiger partial charge < -0.3 is 9.30 Å². The molecule has 8 heteroatoms. The van der Waals surface area contributed by atoms with Crippen molar-refractivity contribution in [2.75, 3.05) is 13.2 Å². The van der Waals surface area contributed by atoms with Gasteiger partial charge in [-0.3, -0.25) is 0 Å². The summed E-state index contributed by atoms with van der Waals surface area (Å²) in [5, 5.41) is -0.373. The van der Waals surface area contributed by atoms with E-state index in [9.17, 15) is 13.2 Å². The summed E-state index contributed by atoms with van der Waals surface area (Å²) in [6.07, 6.45) is -2.64. The van der Waals surface area contributed by atoms with E-state index in [0.29, 0.717) is 17.0 Å². The number of ether oxygens (including phenoxy) is 1. The zero-order chi connectivity index (χ0) is 15.6. The quantitative estimate of drug-likeness (QED) is 0.624. The van der Waals surface area contributed by atoms with Gasteiger partial charge >= 0.3 is 6.18 Å². The van der Waals surface area contributed by atoms with Crippen LogP contribution in [0.3, 0.4) is 0 Å². The fourth-order valence-corrected chi connectivity index (χ4v) is 2.16. The van der Waals surface area contributed by atoms with Crippen LogP contribution in [0.4, 0.5) is 13.2 Å². The first-order valence-electron chi connectivity index (χ1n) is 6.39. The monoisotopic (exact) mass is 321 g/mol. The number of nitrogens with zero attached hydrogens (tertiary/aromatic N) is 3. The van der Waals surface area contributed by atoms with Gasteiger partial charge in [-0.2, -0.15) is 13.2 Å². The minimum absolute atomic E-state index is 0.0862. The first kappa shape index (κ1) is 16.0. The molecule has 2 aromatic rings. The van der Waals surface area contributed by atoms with Crippen LogP contribution in [-0.2, 0) is 11.3 Å². The maximum absolute atomic E-state index is 12.0. The van der Waals surface area contributed by atoms with Crippen molar-refractivity contribution >= 4 is 22.8 Å². The Morgan fingerprint density at radius 2 is 2.14 bits per heavy atom. The Labute approximate surface area is 124 Å². The van der Waals surface area contributed by atoms with Crippen molar-refractivity contribution < 1.29 is 17.9 Å². The van der Waals surface area contributed by atoms with Gasteiger partial charge in [0.15, 0.2) is 5.65 Å². The van der Waals surface area contributed by atoms with Crippen molar-refractivity contribution in [2.24, 2.45) is 0 Å². The summed E-state index contributed by atoms with van der Waals surface area (Å²) < 4.78 is 42.5. The molecule has 0 saturated heterocycles. The largest absolute Gasteiger partial charge is 0.411 e. The molecule has 0 N–H and O–H groups in total. The van der Waals surface area contributed by atoms with Crippen molar-refractivity contribution in [1.82, 2.24) is 14.5 Å². The van der Waals surface area contributed by atoms with E-state index in [1.807, 2.05) is 13.0 Å². The van der Waals surface area contributed by atoms with Crippen LogP contribution >= 0.6 is 11.6 Å². The second kappa shape index (κ2) is 6.19. The molecule has 2 aromatic heterocycles. The normalized spacial score (nSPS) is 13.8. The highest BCUT2D eigenvalue weighted by Gasteiger charge is 2.27. The molecule has 1 unspecified atom stereocenters. The standard InChI is InChI=1S/C13H15ClF3N3O/c1-8-5-10-12(18-6-8)20(11(19-10)9(2)14)3-4-21-7-13(15,16)17/h5-6,9H,3-4,7H2,1-2H3. The van der Waals surface area contributed by atoms with Crippen molar-refractivity contribution in [1.29, 1.82) is 0 Å². The van der Waals surface area contributed by atoms with Crippen LogP contribution in [-0.4, -0.2) is 33.9 Å². The van der Waals surface area contributed by atoms with Gasteiger partial charge in [0.05, 0.1) is 12.0 Å². The van der Waals surface area contributed by atoms with Crippen LogP contribution in [0.25, 0.3) is 11.2 Å². The summed E-state index contributed by atoms with van der Waals surface area (Å²) in [4.78, 5) is 8.67. The minimum atomic E-state index is -4.32. The molecular formula is C13H15ClF3N3O. The maximum atomic E-state index is 12.0. The number of rotatable bonds is 5. The Balaban J connectivity index is 2.19. The summed E-state index contributed by atoms with van der Waals surface area (Å²) >= 11 is 6.07. The molecule has 0 aliphatic carbocycles. The number of aryl methyl sites for hydroxylation is 1. The lowest BCUT2D eigenvalue weighted by molar-refractivity contribution is -0.174. The third-order valence-electron chi connectivity index (χ3n) is 2.83. The molecule has 0 amide bonds.